The van der Waals surface area contributed by atoms with Crippen LogP contribution in [0, 0.1) is 0 Å². The molecule has 0 amide bonds. The van der Waals surface area contributed by atoms with Gasteiger partial charge in [-0.1, -0.05) is 56.3 Å². The zero-order valence-electron chi connectivity index (χ0n) is 13.9. The Morgan fingerprint density at radius 1 is 1.04 bits per heavy atom. The van der Waals surface area contributed by atoms with Crippen LogP contribution in [0.2, 0.25) is 0 Å². The summed E-state index contributed by atoms with van der Waals surface area (Å²) in [7, 11) is -3.86. The number of hydrogen-bond donors (Lipinski definition) is 0. The van der Waals surface area contributed by atoms with E-state index in [2.05, 4.69) is 42.5 Å². The van der Waals surface area contributed by atoms with Gasteiger partial charge in [-0.3, -0.25) is 0 Å². The van der Waals surface area contributed by atoms with E-state index in [4.69, 9.17) is 5.41 Å². The fourth-order valence-electron chi connectivity index (χ4n) is 2.90. The molecule has 0 bridgehead atoms. The molecular formula is C19H21N2O2S-. The van der Waals surface area contributed by atoms with Crippen LogP contribution < -0.4 is 0 Å². The van der Waals surface area contributed by atoms with E-state index in [9.17, 15) is 8.42 Å². The van der Waals surface area contributed by atoms with Crippen molar-refractivity contribution < 1.29 is 8.42 Å². The van der Waals surface area contributed by atoms with Gasteiger partial charge in [0.1, 0.15) is 0 Å². The minimum absolute atomic E-state index is 0.0510. The second kappa shape index (κ2) is 8.04. The highest BCUT2D eigenvalue weighted by Crippen LogP contribution is 2.32. The Morgan fingerprint density at radius 2 is 1.67 bits per heavy atom. The predicted molar refractivity (Wildman–Crippen MR) is 96.9 cm³/mol. The Labute approximate surface area is 143 Å². The molecule has 2 rings (SSSR count). The van der Waals surface area contributed by atoms with Gasteiger partial charge in [0.15, 0.2) is 0 Å². The van der Waals surface area contributed by atoms with Crippen LogP contribution in [-0.4, -0.2) is 14.4 Å². The van der Waals surface area contributed by atoms with Crippen molar-refractivity contribution in [2.75, 3.05) is 0 Å². The Bertz CT molecular complexity index is 808. The first-order valence-electron chi connectivity index (χ1n) is 7.99. The highest BCUT2D eigenvalue weighted by Gasteiger charge is 2.15. The van der Waals surface area contributed by atoms with Gasteiger partial charge in [-0.15, -0.1) is 6.01 Å². The lowest BCUT2D eigenvalue weighted by Crippen LogP contribution is -2.04. The van der Waals surface area contributed by atoms with Gasteiger partial charge >= 0.3 is 0 Å². The van der Waals surface area contributed by atoms with E-state index in [1.165, 1.54) is 23.7 Å². The van der Waals surface area contributed by atoms with E-state index in [0.717, 1.165) is 18.4 Å². The summed E-state index contributed by atoms with van der Waals surface area (Å²) >= 11 is 0. The molecule has 0 heterocycles. The third-order valence-corrected chi connectivity index (χ3v) is 5.50. The molecule has 2 aromatic rings. The third-order valence-electron chi connectivity index (χ3n) is 4.31. The molecule has 2 unspecified atom stereocenters. The topological polar surface area (TPSA) is 68.8 Å². The van der Waals surface area contributed by atoms with Crippen molar-refractivity contribution in [3.63, 3.8) is 0 Å². The largest absolute Gasteiger partial charge is 0.422 e. The molecule has 0 aliphatic heterocycles. The van der Waals surface area contributed by atoms with Crippen molar-refractivity contribution in [3.8, 4) is 0 Å². The summed E-state index contributed by atoms with van der Waals surface area (Å²) in [6, 6.07) is 18.4. The smallest absolute Gasteiger partial charge is 0.207 e. The van der Waals surface area contributed by atoms with E-state index in [1.54, 1.807) is 0 Å². The highest BCUT2D eigenvalue weighted by molar-refractivity contribution is 7.90. The number of rotatable bonds is 7. The standard InChI is InChI=1S/C19H21N2O2S/c1-3-16(18-7-5-4-6-8-18)13-15(2)17-9-11-19(12-10-17)24(22,23)21-14-20/h4-12,15-16H,3,13H2,1-2H3/q-1. The minimum atomic E-state index is -3.86. The molecule has 0 saturated carbocycles. The summed E-state index contributed by atoms with van der Waals surface area (Å²) in [6.07, 6.45) is 2.05. The molecule has 126 valence electrons. The minimum Gasteiger partial charge on any atom is -0.422 e. The van der Waals surface area contributed by atoms with Gasteiger partial charge in [0.2, 0.25) is 10.0 Å². The van der Waals surface area contributed by atoms with Gasteiger partial charge in [0, 0.05) is 0 Å². The molecule has 2 atom stereocenters. The maximum absolute atomic E-state index is 11.7. The Balaban J connectivity index is 2.15. The van der Waals surface area contributed by atoms with Crippen molar-refractivity contribution in [1.82, 2.24) is 0 Å². The third kappa shape index (κ3) is 4.40. The van der Waals surface area contributed by atoms with Gasteiger partial charge < -0.3 is 9.81 Å². The molecule has 0 radical (unpaired) electrons. The van der Waals surface area contributed by atoms with Gasteiger partial charge in [-0.05, 0) is 47.9 Å². The van der Waals surface area contributed by atoms with E-state index >= 15 is 0 Å². The van der Waals surface area contributed by atoms with E-state index in [0.29, 0.717) is 11.8 Å². The summed E-state index contributed by atoms with van der Waals surface area (Å²) < 4.78 is 26.4. The molecular weight excluding hydrogens is 320 g/mol. The number of benzene rings is 2. The maximum Gasteiger partial charge on any atom is 0.207 e. The monoisotopic (exact) mass is 341 g/mol. The molecule has 5 heteroatoms. The molecule has 0 spiro atoms. The first-order valence-corrected chi connectivity index (χ1v) is 9.43. The lowest BCUT2D eigenvalue weighted by Gasteiger charge is -2.21. The predicted octanol–water partition coefficient (Wildman–Crippen LogP) is 4.81. The van der Waals surface area contributed by atoms with Crippen LogP contribution in [0.1, 0.15) is 49.7 Å². The van der Waals surface area contributed by atoms with Gasteiger partial charge in [-0.2, -0.15) is 0 Å². The summed E-state index contributed by atoms with van der Waals surface area (Å²) in [6.45, 7) is 4.33. The maximum atomic E-state index is 11.7. The molecule has 0 N–H and O–H groups in total. The Hall–Kier alpha value is -2.23. The second-order valence-electron chi connectivity index (χ2n) is 5.89. The van der Waals surface area contributed by atoms with Crippen LogP contribution in [-0.2, 0) is 10.0 Å². The highest BCUT2D eigenvalue weighted by atomic mass is 32.2. The Kier molecular flexibility index (Phi) is 6.07. The number of sulfonamides is 1. The van der Waals surface area contributed by atoms with E-state index < -0.39 is 10.0 Å². The molecule has 0 saturated heterocycles. The van der Waals surface area contributed by atoms with Crippen molar-refractivity contribution in [2.45, 2.75) is 43.4 Å². The SMILES string of the molecule is CCC(CC(C)c1ccc(S(=O)(=O)N=C=[N-])cc1)c1ccccc1. The zero-order chi connectivity index (χ0) is 17.6. The lowest BCUT2D eigenvalue weighted by molar-refractivity contribution is 0.544. The van der Waals surface area contributed by atoms with Crippen LogP contribution in [0.15, 0.2) is 63.9 Å². The van der Waals surface area contributed by atoms with Gasteiger partial charge in [0.25, 0.3) is 0 Å². The van der Waals surface area contributed by atoms with Gasteiger partial charge in [-0.25, -0.2) is 8.42 Å². The van der Waals surface area contributed by atoms with E-state index in [-0.39, 0.29) is 4.90 Å². The van der Waals surface area contributed by atoms with Crippen LogP contribution in [0.25, 0.3) is 5.41 Å². The van der Waals surface area contributed by atoms with Crippen LogP contribution >= 0.6 is 0 Å². The molecule has 2 aromatic carbocycles. The number of hydrogen-bond acceptors (Lipinski definition) is 2. The molecule has 0 fully saturated rings. The molecule has 0 aliphatic carbocycles. The first kappa shape index (κ1) is 18.1. The quantitative estimate of drug-likeness (QED) is 0.678. The Morgan fingerprint density at radius 3 is 2.21 bits per heavy atom. The van der Waals surface area contributed by atoms with Crippen molar-refractivity contribution in [2.24, 2.45) is 4.40 Å². The normalized spacial score (nSPS) is 13.8. The second-order valence-corrected chi connectivity index (χ2v) is 7.49. The molecule has 24 heavy (non-hydrogen) atoms. The van der Waals surface area contributed by atoms with Crippen LogP contribution in [0.3, 0.4) is 0 Å². The summed E-state index contributed by atoms with van der Waals surface area (Å²) in [5.74, 6) is 0.776. The van der Waals surface area contributed by atoms with Crippen LogP contribution in [0.5, 0.6) is 0 Å². The van der Waals surface area contributed by atoms with E-state index in [1.807, 2.05) is 18.2 Å². The summed E-state index contributed by atoms with van der Waals surface area (Å²) in [5.41, 5.74) is 2.42. The average molecular weight is 341 g/mol. The van der Waals surface area contributed by atoms with Crippen molar-refractivity contribution in [1.29, 1.82) is 0 Å². The molecule has 0 aromatic heterocycles. The summed E-state index contributed by atoms with van der Waals surface area (Å²) in [4.78, 5) is 0.0510. The average Bonchev–Trinajstić information content (AvgIpc) is 2.60. The summed E-state index contributed by atoms with van der Waals surface area (Å²) in [5, 5.41) is 8.44. The number of nitrogens with zero attached hydrogens (tertiary/aromatic N) is 2. The first-order chi connectivity index (χ1) is 11.5. The lowest BCUT2D eigenvalue weighted by atomic mass is 9.85. The van der Waals surface area contributed by atoms with Crippen molar-refractivity contribution >= 4 is 16.0 Å². The molecule has 0 aliphatic rings. The van der Waals surface area contributed by atoms with Gasteiger partial charge in [0.05, 0.1) is 4.90 Å². The fraction of sp³-hybridized carbons (Fsp3) is 0.316. The zero-order valence-corrected chi connectivity index (χ0v) is 14.7. The molecule has 4 nitrogen and oxygen atoms in total. The van der Waals surface area contributed by atoms with Crippen molar-refractivity contribution in [3.05, 3.63) is 71.1 Å². The fourth-order valence-corrected chi connectivity index (χ4v) is 3.59. The van der Waals surface area contributed by atoms with Crippen LogP contribution in [0.4, 0.5) is 0 Å².